The van der Waals surface area contributed by atoms with Crippen molar-refractivity contribution in [2.75, 3.05) is 7.11 Å². The molecule has 0 aromatic carbocycles. The molecule has 3 nitrogen and oxygen atoms in total. The first-order chi connectivity index (χ1) is 8.91. The van der Waals surface area contributed by atoms with Gasteiger partial charge in [0.15, 0.2) is 0 Å². The van der Waals surface area contributed by atoms with Crippen LogP contribution in [0.5, 0.6) is 0 Å². The number of carbonyl (C=O) groups is 1. The molecule has 0 radical (unpaired) electrons. The number of nitrogens with two attached hydrogens (primary N) is 1. The summed E-state index contributed by atoms with van der Waals surface area (Å²) in [6.45, 7) is 4.16. The molecule has 0 spiro atoms. The first kappa shape index (κ1) is 13.4. The van der Waals surface area contributed by atoms with Gasteiger partial charge in [-0.1, -0.05) is 13.8 Å². The van der Waals surface area contributed by atoms with Gasteiger partial charge in [-0.15, -0.1) is 0 Å². The summed E-state index contributed by atoms with van der Waals surface area (Å²) in [7, 11) is 1.48. The number of ether oxygens (including phenoxy) is 1. The van der Waals surface area contributed by atoms with Gasteiger partial charge in [0.05, 0.1) is 7.11 Å². The van der Waals surface area contributed by atoms with Crippen LogP contribution >= 0.6 is 0 Å². The van der Waals surface area contributed by atoms with E-state index in [1.807, 2.05) is 0 Å². The average molecular weight is 265 g/mol. The maximum Gasteiger partial charge on any atom is 0.326 e. The van der Waals surface area contributed by atoms with Crippen molar-refractivity contribution < 1.29 is 9.53 Å². The molecule has 0 aromatic heterocycles. The Balaban J connectivity index is 2.00. The van der Waals surface area contributed by atoms with Crippen LogP contribution in [0.15, 0.2) is 0 Å². The predicted octanol–water partition coefficient (Wildman–Crippen LogP) is 2.73. The Hall–Kier alpha value is -0.570. The summed E-state index contributed by atoms with van der Waals surface area (Å²) in [4.78, 5) is 12.4. The van der Waals surface area contributed by atoms with E-state index in [4.69, 9.17) is 10.5 Å². The molecule has 1 atom stereocenters. The highest BCUT2D eigenvalue weighted by Gasteiger charge is 2.63. The summed E-state index contributed by atoms with van der Waals surface area (Å²) >= 11 is 0. The molecule has 2 N–H and O–H groups in total. The minimum Gasteiger partial charge on any atom is -0.468 e. The lowest BCUT2D eigenvalue weighted by Gasteiger charge is -2.62. The van der Waals surface area contributed by atoms with Crippen molar-refractivity contribution in [2.45, 2.75) is 57.9 Å². The average Bonchev–Trinajstić information content (AvgIpc) is 2.34. The second kappa shape index (κ2) is 4.21. The van der Waals surface area contributed by atoms with E-state index in [0.29, 0.717) is 0 Å². The van der Waals surface area contributed by atoms with Crippen molar-refractivity contribution in [1.82, 2.24) is 0 Å². The molecule has 0 heterocycles. The Bertz CT molecular complexity index is 355. The Morgan fingerprint density at radius 1 is 1.16 bits per heavy atom. The third-order valence-electron chi connectivity index (χ3n) is 6.35. The SMILES string of the molecule is COC(=O)C(N)(C(C)C)C12CC3CC(CC(C3)C1)C2. The Labute approximate surface area is 116 Å². The molecule has 4 saturated carbocycles. The van der Waals surface area contributed by atoms with Crippen LogP contribution in [-0.4, -0.2) is 18.6 Å². The van der Waals surface area contributed by atoms with Gasteiger partial charge in [-0.3, -0.25) is 4.79 Å². The second-order valence-electron chi connectivity index (χ2n) is 7.71. The third kappa shape index (κ3) is 1.70. The van der Waals surface area contributed by atoms with Crippen molar-refractivity contribution in [3.8, 4) is 0 Å². The largest absolute Gasteiger partial charge is 0.468 e. The molecule has 1 unspecified atom stereocenters. The maximum atomic E-state index is 12.4. The van der Waals surface area contributed by atoms with Crippen LogP contribution in [0.25, 0.3) is 0 Å². The van der Waals surface area contributed by atoms with Crippen molar-refractivity contribution >= 4 is 5.97 Å². The van der Waals surface area contributed by atoms with E-state index < -0.39 is 5.54 Å². The molecule has 4 aliphatic rings. The zero-order chi connectivity index (χ0) is 13.8. The Morgan fingerprint density at radius 2 is 1.58 bits per heavy atom. The maximum absolute atomic E-state index is 12.4. The third-order valence-corrected chi connectivity index (χ3v) is 6.35. The topological polar surface area (TPSA) is 52.3 Å². The number of hydrogen-bond donors (Lipinski definition) is 1. The molecule has 19 heavy (non-hydrogen) atoms. The van der Waals surface area contributed by atoms with Crippen LogP contribution in [0.1, 0.15) is 52.4 Å². The standard InChI is InChI=1S/C16H27NO2/c1-10(2)16(17,14(18)19-3)15-7-11-4-12(8-15)6-13(5-11)9-15/h10-13H,4-9,17H2,1-3H3. The molecule has 4 rings (SSSR count). The van der Waals surface area contributed by atoms with Gasteiger partial charge in [0, 0.05) is 5.41 Å². The van der Waals surface area contributed by atoms with E-state index in [1.165, 1.54) is 26.4 Å². The van der Waals surface area contributed by atoms with E-state index >= 15 is 0 Å². The quantitative estimate of drug-likeness (QED) is 0.798. The van der Waals surface area contributed by atoms with Gasteiger partial charge in [0.1, 0.15) is 5.54 Å². The molecule has 3 heteroatoms. The van der Waals surface area contributed by atoms with Crippen molar-refractivity contribution in [1.29, 1.82) is 0 Å². The highest BCUT2D eigenvalue weighted by molar-refractivity contribution is 5.82. The first-order valence-corrected chi connectivity index (χ1v) is 7.78. The molecular formula is C16H27NO2. The fraction of sp³-hybridized carbons (Fsp3) is 0.938. The van der Waals surface area contributed by atoms with Gasteiger partial charge in [0.25, 0.3) is 0 Å². The minimum atomic E-state index is -0.794. The lowest BCUT2D eigenvalue weighted by molar-refractivity contribution is -0.170. The van der Waals surface area contributed by atoms with Gasteiger partial charge in [0.2, 0.25) is 0 Å². The first-order valence-electron chi connectivity index (χ1n) is 7.78. The monoisotopic (exact) mass is 265 g/mol. The molecular weight excluding hydrogens is 238 g/mol. The number of rotatable bonds is 3. The molecule has 0 aliphatic heterocycles. The van der Waals surface area contributed by atoms with Gasteiger partial charge >= 0.3 is 5.97 Å². The zero-order valence-electron chi connectivity index (χ0n) is 12.4. The number of methoxy groups -OCH3 is 1. The molecule has 4 bridgehead atoms. The van der Waals surface area contributed by atoms with Crippen LogP contribution in [-0.2, 0) is 9.53 Å². The van der Waals surface area contributed by atoms with E-state index in [-0.39, 0.29) is 17.3 Å². The number of esters is 1. The van der Waals surface area contributed by atoms with Crippen molar-refractivity contribution in [3.63, 3.8) is 0 Å². The Kier molecular flexibility index (Phi) is 2.97. The van der Waals surface area contributed by atoms with Crippen LogP contribution < -0.4 is 5.73 Å². The molecule has 0 aromatic rings. The van der Waals surface area contributed by atoms with E-state index in [9.17, 15) is 4.79 Å². The van der Waals surface area contributed by atoms with Gasteiger partial charge in [-0.25, -0.2) is 0 Å². The van der Waals surface area contributed by atoms with E-state index in [0.717, 1.165) is 37.0 Å². The smallest absolute Gasteiger partial charge is 0.326 e. The lowest BCUT2D eigenvalue weighted by atomic mass is 9.43. The molecule has 108 valence electrons. The number of hydrogen-bond acceptors (Lipinski definition) is 3. The molecule has 0 amide bonds. The summed E-state index contributed by atoms with van der Waals surface area (Å²) in [5.74, 6) is 2.35. The van der Waals surface area contributed by atoms with Crippen LogP contribution in [0, 0.1) is 29.1 Å². The van der Waals surface area contributed by atoms with Gasteiger partial charge in [-0.05, 0) is 62.2 Å². The summed E-state index contributed by atoms with van der Waals surface area (Å²) in [5, 5.41) is 0. The minimum absolute atomic E-state index is 0.00299. The lowest BCUT2D eigenvalue weighted by Crippen LogP contribution is -2.69. The Morgan fingerprint density at radius 3 is 1.89 bits per heavy atom. The molecule has 4 fully saturated rings. The predicted molar refractivity (Wildman–Crippen MR) is 74.4 cm³/mol. The number of carbonyl (C=O) groups excluding carboxylic acids is 1. The summed E-state index contributed by atoms with van der Waals surface area (Å²) in [5.41, 5.74) is 5.93. The molecule has 4 aliphatic carbocycles. The fourth-order valence-electron chi connectivity index (χ4n) is 5.85. The van der Waals surface area contributed by atoms with E-state index in [2.05, 4.69) is 13.8 Å². The fourth-order valence-corrected chi connectivity index (χ4v) is 5.85. The molecule has 0 saturated heterocycles. The van der Waals surface area contributed by atoms with Crippen LogP contribution in [0.2, 0.25) is 0 Å². The van der Waals surface area contributed by atoms with E-state index in [1.54, 1.807) is 0 Å². The van der Waals surface area contributed by atoms with Gasteiger partial charge in [-0.2, -0.15) is 0 Å². The summed E-state index contributed by atoms with van der Waals surface area (Å²) in [6, 6.07) is 0. The zero-order valence-corrected chi connectivity index (χ0v) is 12.4. The highest BCUT2D eigenvalue weighted by Crippen LogP contribution is 2.64. The second-order valence-corrected chi connectivity index (χ2v) is 7.71. The van der Waals surface area contributed by atoms with Crippen molar-refractivity contribution in [2.24, 2.45) is 34.8 Å². The summed E-state index contributed by atoms with van der Waals surface area (Å²) < 4.78 is 5.10. The normalized spacial score (nSPS) is 43.3. The summed E-state index contributed by atoms with van der Waals surface area (Å²) in [6.07, 6.45) is 7.53. The van der Waals surface area contributed by atoms with Crippen LogP contribution in [0.3, 0.4) is 0 Å². The highest BCUT2D eigenvalue weighted by atomic mass is 16.5. The van der Waals surface area contributed by atoms with Gasteiger partial charge < -0.3 is 10.5 Å². The van der Waals surface area contributed by atoms with Crippen molar-refractivity contribution in [3.05, 3.63) is 0 Å². The van der Waals surface area contributed by atoms with Crippen LogP contribution in [0.4, 0.5) is 0 Å².